The number of carbonyl (C=O) groups is 2. The molecule has 3 aromatic rings. The molecule has 34 heavy (non-hydrogen) atoms. The van der Waals surface area contributed by atoms with Crippen molar-refractivity contribution in [1.82, 2.24) is 18.6 Å². The van der Waals surface area contributed by atoms with Crippen LogP contribution in [0.25, 0.3) is 15.8 Å². The number of benzene rings is 1. The molecule has 0 N–H and O–H groups in total. The van der Waals surface area contributed by atoms with E-state index in [-0.39, 0.29) is 0 Å². The molecule has 2 aliphatic heterocycles. The molecule has 0 spiro atoms. The van der Waals surface area contributed by atoms with Crippen molar-refractivity contribution in [3.05, 3.63) is 36.0 Å². The monoisotopic (exact) mass is 534 g/mol. The van der Waals surface area contributed by atoms with Crippen LogP contribution in [0.2, 0.25) is 0 Å². The first kappa shape index (κ1) is 23.7. The third-order valence-electron chi connectivity index (χ3n) is 5.40. The number of fused-ring (bicyclic) bond motifs is 1. The Bertz CT molecular complexity index is 1190. The van der Waals surface area contributed by atoms with Crippen LogP contribution in [0, 0.1) is 0 Å². The van der Waals surface area contributed by atoms with E-state index >= 15 is 0 Å². The van der Waals surface area contributed by atoms with E-state index in [4.69, 9.17) is 9.47 Å². The minimum absolute atomic E-state index is 0.393. The summed E-state index contributed by atoms with van der Waals surface area (Å²) in [6.07, 6.45) is 5.23. The van der Waals surface area contributed by atoms with Crippen molar-refractivity contribution in [2.75, 3.05) is 25.9 Å². The Labute approximate surface area is 213 Å². The summed E-state index contributed by atoms with van der Waals surface area (Å²) in [7, 11) is 2.12. The summed E-state index contributed by atoms with van der Waals surface area (Å²) < 4.78 is 21.5. The molecule has 0 atom stereocenters. The summed E-state index contributed by atoms with van der Waals surface area (Å²) in [4.78, 5) is 30.6. The largest absolute Gasteiger partial charge is 0.421 e. The molecule has 2 aromatic heterocycles. The second kappa shape index (κ2) is 10.3. The van der Waals surface area contributed by atoms with Gasteiger partial charge in [0.05, 0.1) is 21.9 Å². The first-order valence-electron chi connectivity index (χ1n) is 10.9. The van der Waals surface area contributed by atoms with Crippen molar-refractivity contribution in [2.45, 2.75) is 40.2 Å². The molecule has 0 aliphatic carbocycles. The first-order chi connectivity index (χ1) is 16.5. The fourth-order valence-electron chi connectivity index (χ4n) is 3.76. The van der Waals surface area contributed by atoms with Crippen LogP contribution in [-0.2, 0) is 19.1 Å². The molecule has 2 aliphatic rings. The summed E-state index contributed by atoms with van der Waals surface area (Å²) >= 11 is 5.60. The Morgan fingerprint density at radius 2 is 1.97 bits per heavy atom. The average Bonchev–Trinajstić information content (AvgIpc) is 3.51. The zero-order chi connectivity index (χ0) is 23.5. The van der Waals surface area contributed by atoms with Gasteiger partial charge in [0, 0.05) is 19.5 Å². The lowest BCUT2D eigenvalue weighted by molar-refractivity contribution is -0.150. The molecule has 0 radical (unpaired) electrons. The van der Waals surface area contributed by atoms with Gasteiger partial charge in [0.2, 0.25) is 0 Å². The lowest BCUT2D eigenvalue weighted by atomic mass is 10.1. The van der Waals surface area contributed by atoms with Gasteiger partial charge in [0.1, 0.15) is 10.7 Å². The average molecular weight is 535 g/mol. The Kier molecular flexibility index (Phi) is 7.21. The SMILES string of the molecule is CN1CCC=C(c2nsnc2SCCCCC2(Sc3nc4ccccc4s3)OC(=O)C(=O)O2)C1. The van der Waals surface area contributed by atoms with Gasteiger partial charge in [-0.15, -0.1) is 23.1 Å². The fourth-order valence-corrected chi connectivity index (χ4v) is 7.87. The molecule has 5 rings (SSSR count). The number of rotatable bonds is 9. The first-order valence-corrected chi connectivity index (χ1v) is 14.2. The van der Waals surface area contributed by atoms with E-state index in [9.17, 15) is 9.59 Å². The Hall–Kier alpha value is -1.99. The molecule has 8 nitrogen and oxygen atoms in total. The smallest absolute Gasteiger partial charge is 0.404 e. The molecule has 0 saturated carbocycles. The van der Waals surface area contributed by atoms with Crippen molar-refractivity contribution in [3.8, 4) is 0 Å². The second-order valence-corrected chi connectivity index (χ2v) is 12.1. The van der Waals surface area contributed by atoms with Crippen LogP contribution in [0.5, 0.6) is 0 Å². The Balaban J connectivity index is 1.18. The topological polar surface area (TPSA) is 94.5 Å². The number of thiazole rings is 1. The zero-order valence-electron chi connectivity index (χ0n) is 18.4. The highest BCUT2D eigenvalue weighted by Gasteiger charge is 2.50. The molecule has 4 heterocycles. The molecule has 0 amide bonds. The highest BCUT2D eigenvalue weighted by molar-refractivity contribution is 8.02. The van der Waals surface area contributed by atoms with Crippen LogP contribution in [0.3, 0.4) is 0 Å². The predicted molar refractivity (Wildman–Crippen MR) is 135 cm³/mol. The maximum absolute atomic E-state index is 11.9. The van der Waals surface area contributed by atoms with Gasteiger partial charge in [-0.05, 0) is 61.5 Å². The maximum atomic E-state index is 11.9. The van der Waals surface area contributed by atoms with Gasteiger partial charge in [0.25, 0.3) is 0 Å². The van der Waals surface area contributed by atoms with Crippen molar-refractivity contribution in [2.24, 2.45) is 0 Å². The number of hydrogen-bond donors (Lipinski definition) is 0. The van der Waals surface area contributed by atoms with Gasteiger partial charge in [-0.1, -0.05) is 18.2 Å². The number of unbranched alkanes of at least 4 members (excludes halogenated alkanes) is 1. The van der Waals surface area contributed by atoms with Crippen LogP contribution >= 0.6 is 46.6 Å². The molecule has 1 fully saturated rings. The standard InChI is InChI=1S/C22H22N4O4S4/c1-26-11-6-7-14(13-26)17-18(25-34-24-17)31-12-5-4-10-22(29-19(27)20(28)30-22)33-21-23-15-8-2-3-9-16(15)32-21/h2-3,7-9H,4-6,10-13H2,1H3. The number of aromatic nitrogens is 3. The van der Waals surface area contributed by atoms with Crippen LogP contribution in [0.1, 0.15) is 31.4 Å². The number of carbonyl (C=O) groups excluding carboxylic acids is 2. The lowest BCUT2D eigenvalue weighted by Gasteiger charge is -2.23. The van der Waals surface area contributed by atoms with Crippen molar-refractivity contribution >= 4 is 74.3 Å². The summed E-state index contributed by atoms with van der Waals surface area (Å²) in [5.74, 6) is -1.07. The number of thioether (sulfide) groups is 2. The van der Waals surface area contributed by atoms with E-state index < -0.39 is 17.1 Å². The van der Waals surface area contributed by atoms with E-state index in [2.05, 4.69) is 31.8 Å². The molecule has 178 valence electrons. The van der Waals surface area contributed by atoms with Gasteiger partial charge in [-0.25, -0.2) is 14.6 Å². The van der Waals surface area contributed by atoms with Gasteiger partial charge in [-0.3, -0.25) is 0 Å². The summed E-state index contributed by atoms with van der Waals surface area (Å²) in [5, 5.41) is -0.402. The minimum Gasteiger partial charge on any atom is -0.404 e. The predicted octanol–water partition coefficient (Wildman–Crippen LogP) is 4.68. The van der Waals surface area contributed by atoms with E-state index in [0.29, 0.717) is 17.2 Å². The zero-order valence-corrected chi connectivity index (χ0v) is 21.7. The van der Waals surface area contributed by atoms with Gasteiger partial charge < -0.3 is 14.4 Å². The van der Waals surface area contributed by atoms with E-state index in [1.165, 1.54) is 40.4 Å². The molecule has 1 aromatic carbocycles. The Morgan fingerprint density at radius 3 is 2.76 bits per heavy atom. The van der Waals surface area contributed by atoms with Crippen LogP contribution < -0.4 is 0 Å². The summed E-state index contributed by atoms with van der Waals surface area (Å²) in [6.45, 7) is 1.96. The second-order valence-electron chi connectivity index (χ2n) is 7.99. The van der Waals surface area contributed by atoms with Gasteiger partial charge >= 0.3 is 17.1 Å². The number of cyclic esters (lactones) is 2. The van der Waals surface area contributed by atoms with Crippen LogP contribution in [0.4, 0.5) is 0 Å². The summed E-state index contributed by atoms with van der Waals surface area (Å²) in [6, 6.07) is 7.78. The molecule has 12 heteroatoms. The third-order valence-corrected chi connectivity index (χ3v) is 9.37. The van der Waals surface area contributed by atoms with E-state index in [0.717, 1.165) is 52.6 Å². The van der Waals surface area contributed by atoms with Crippen molar-refractivity contribution in [3.63, 3.8) is 0 Å². The fraction of sp³-hybridized carbons (Fsp3) is 0.409. The minimum atomic E-state index is -1.36. The number of nitrogens with zero attached hydrogens (tertiary/aromatic N) is 4. The molecule has 1 saturated heterocycles. The maximum Gasteiger partial charge on any atom is 0.421 e. The Morgan fingerprint density at radius 1 is 1.15 bits per heavy atom. The quantitative estimate of drug-likeness (QED) is 0.167. The highest BCUT2D eigenvalue weighted by Crippen LogP contribution is 2.45. The van der Waals surface area contributed by atoms with Gasteiger partial charge in [0.15, 0.2) is 4.34 Å². The van der Waals surface area contributed by atoms with E-state index in [1.807, 2.05) is 24.3 Å². The molecular weight excluding hydrogens is 513 g/mol. The number of esters is 2. The van der Waals surface area contributed by atoms with Crippen molar-refractivity contribution in [1.29, 1.82) is 0 Å². The third kappa shape index (κ3) is 5.30. The van der Waals surface area contributed by atoms with Crippen LogP contribution in [-0.4, -0.2) is 61.6 Å². The van der Waals surface area contributed by atoms with Gasteiger partial charge in [-0.2, -0.15) is 8.75 Å². The van der Waals surface area contributed by atoms with E-state index in [1.54, 1.807) is 11.8 Å². The number of ether oxygens (including phenoxy) is 2. The summed E-state index contributed by atoms with van der Waals surface area (Å²) in [5.41, 5.74) is 3.09. The number of hydrogen-bond acceptors (Lipinski definition) is 12. The molecule has 0 bridgehead atoms. The normalized spacial score (nSPS) is 18.2. The highest BCUT2D eigenvalue weighted by atomic mass is 32.2. The lowest BCUT2D eigenvalue weighted by Crippen LogP contribution is -2.26. The number of para-hydroxylation sites is 1. The molecule has 0 unspecified atom stereocenters. The van der Waals surface area contributed by atoms with Crippen LogP contribution in [0.15, 0.2) is 39.7 Å². The van der Waals surface area contributed by atoms with Crippen molar-refractivity contribution < 1.29 is 19.1 Å². The molecular formula is C22H22N4O4S4. The number of likely N-dealkylation sites (N-methyl/N-ethyl adjacent to an activating group) is 1.